The third-order valence-corrected chi connectivity index (χ3v) is 3.19. The fourth-order valence-corrected chi connectivity index (χ4v) is 2.14. The molecule has 15 heteroatoms. The van der Waals surface area contributed by atoms with Gasteiger partial charge in [-0.05, 0) is 0 Å². The quantitative estimate of drug-likeness (QED) is 0.126. The van der Waals surface area contributed by atoms with Crippen molar-refractivity contribution in [2.75, 3.05) is 6.61 Å². The van der Waals surface area contributed by atoms with Crippen molar-refractivity contribution in [3.8, 4) is 0 Å². The van der Waals surface area contributed by atoms with Crippen molar-refractivity contribution in [1.82, 2.24) is 21.4 Å². The van der Waals surface area contributed by atoms with Gasteiger partial charge < -0.3 is 31.1 Å². The van der Waals surface area contributed by atoms with E-state index in [1.807, 2.05) is 0 Å². The molecule has 14 nitrogen and oxygen atoms in total. The van der Waals surface area contributed by atoms with E-state index in [1.165, 1.54) is 0 Å². The number of halogens is 1. The standard InChI is InChI=1S/C14H24N4O10.ClH/c1-6(20)15-12(26)14(17-8(3)22,28-18-9(4)23)13(27,16-7(2)21)11(25)10(24)5-19;/h10-11,19,24-25,27H,5H2,1-4H3,(H,16,21)(H,17,22)(H,18,23)(H,15,20,26);1H/t10-,11-,13+,14+;/m1./s1. The Hall–Kier alpha value is -2.36. The summed E-state index contributed by atoms with van der Waals surface area (Å²) in [5.74, 6) is -5.77. The van der Waals surface area contributed by atoms with Crippen LogP contribution in [0.4, 0.5) is 0 Å². The molecule has 0 unspecified atom stereocenters. The maximum absolute atomic E-state index is 12.7. The van der Waals surface area contributed by atoms with Crippen molar-refractivity contribution in [3.05, 3.63) is 0 Å². The van der Waals surface area contributed by atoms with Crippen molar-refractivity contribution < 1.29 is 49.2 Å². The maximum Gasteiger partial charge on any atom is 0.297 e. The number of amides is 5. The zero-order valence-electron chi connectivity index (χ0n) is 16.0. The first-order chi connectivity index (χ1) is 12.7. The topological polar surface area (TPSA) is 224 Å². The molecule has 0 spiro atoms. The first-order valence-corrected chi connectivity index (χ1v) is 7.77. The highest BCUT2D eigenvalue weighted by Gasteiger charge is 2.65. The summed E-state index contributed by atoms with van der Waals surface area (Å²) in [4.78, 5) is 63.4. The Balaban J connectivity index is 0. The number of carbonyl (C=O) groups excluding carboxylic acids is 5. The first-order valence-electron chi connectivity index (χ1n) is 7.77. The normalized spacial score (nSPS) is 16.6. The molecule has 0 saturated carbocycles. The van der Waals surface area contributed by atoms with Crippen LogP contribution in [0.1, 0.15) is 27.7 Å². The summed E-state index contributed by atoms with van der Waals surface area (Å²) >= 11 is 0. The predicted molar refractivity (Wildman–Crippen MR) is 95.4 cm³/mol. The van der Waals surface area contributed by atoms with Crippen LogP contribution >= 0.6 is 12.4 Å². The molecule has 0 aromatic heterocycles. The molecule has 0 heterocycles. The Kier molecular flexibility index (Phi) is 11.5. The second-order valence-electron chi connectivity index (χ2n) is 5.78. The molecule has 4 atom stereocenters. The van der Waals surface area contributed by atoms with Gasteiger partial charge in [0.05, 0.1) is 6.61 Å². The number of nitrogens with one attached hydrogen (secondary N) is 4. The molecular formula is C14H25ClN4O10. The van der Waals surface area contributed by atoms with E-state index in [2.05, 4.69) is 0 Å². The predicted octanol–water partition coefficient (Wildman–Crippen LogP) is -4.49. The Labute approximate surface area is 171 Å². The van der Waals surface area contributed by atoms with E-state index in [0.29, 0.717) is 0 Å². The molecule has 0 rings (SSSR count). The molecule has 0 bridgehead atoms. The Morgan fingerprint density at radius 3 is 1.72 bits per heavy atom. The summed E-state index contributed by atoms with van der Waals surface area (Å²) < 4.78 is 0. The molecule has 8 N–H and O–H groups in total. The monoisotopic (exact) mass is 444 g/mol. The van der Waals surface area contributed by atoms with Crippen molar-refractivity contribution >= 4 is 41.9 Å². The van der Waals surface area contributed by atoms with Crippen molar-refractivity contribution in [2.45, 2.75) is 51.4 Å². The largest absolute Gasteiger partial charge is 0.394 e. The number of carbonyl (C=O) groups is 5. The summed E-state index contributed by atoms with van der Waals surface area (Å²) in [5, 5.41) is 45.3. The lowest BCUT2D eigenvalue weighted by molar-refractivity contribution is -0.271. The lowest BCUT2D eigenvalue weighted by atomic mass is 9.88. The summed E-state index contributed by atoms with van der Waals surface area (Å²) in [6.45, 7) is 2.32. The molecule has 0 aromatic rings. The van der Waals surface area contributed by atoms with Gasteiger partial charge >= 0.3 is 0 Å². The summed E-state index contributed by atoms with van der Waals surface area (Å²) in [7, 11) is 0. The summed E-state index contributed by atoms with van der Waals surface area (Å²) in [5.41, 5.74) is -5.02. The molecule has 0 saturated heterocycles. The lowest BCUT2D eigenvalue weighted by Gasteiger charge is -2.47. The minimum absolute atomic E-state index is 0. The molecule has 0 aliphatic carbocycles. The highest BCUT2D eigenvalue weighted by Crippen LogP contribution is 2.28. The SMILES string of the molecule is CC(=O)NO[C@@](NC(C)=O)(C(=O)NC(C)=O)[C@](O)(NC(C)=O)[C@H](O)[C@H](O)CO.Cl. The number of rotatable bonds is 9. The van der Waals surface area contributed by atoms with Gasteiger partial charge in [0.2, 0.25) is 29.4 Å². The average molecular weight is 445 g/mol. The molecule has 5 amide bonds. The van der Waals surface area contributed by atoms with Gasteiger partial charge in [-0.1, -0.05) is 0 Å². The van der Waals surface area contributed by atoms with Crippen LogP contribution in [0.3, 0.4) is 0 Å². The third-order valence-electron chi connectivity index (χ3n) is 3.19. The van der Waals surface area contributed by atoms with E-state index >= 15 is 0 Å². The van der Waals surface area contributed by atoms with Crippen LogP contribution in [0.15, 0.2) is 0 Å². The van der Waals surface area contributed by atoms with Crippen molar-refractivity contribution in [3.63, 3.8) is 0 Å². The molecule has 0 aliphatic rings. The summed E-state index contributed by atoms with van der Waals surface area (Å²) in [6.07, 6.45) is -4.74. The Bertz CT molecular complexity index is 648. The second-order valence-corrected chi connectivity index (χ2v) is 5.78. The third kappa shape index (κ3) is 7.19. The van der Waals surface area contributed by atoms with Gasteiger partial charge in [0.1, 0.15) is 12.2 Å². The van der Waals surface area contributed by atoms with Gasteiger partial charge in [-0.25, -0.2) is 10.3 Å². The van der Waals surface area contributed by atoms with Crippen LogP contribution in [0.5, 0.6) is 0 Å². The number of hydrogen-bond donors (Lipinski definition) is 8. The minimum atomic E-state index is -3.39. The maximum atomic E-state index is 12.7. The number of aliphatic hydroxyl groups is 4. The fourth-order valence-electron chi connectivity index (χ4n) is 2.14. The molecule has 29 heavy (non-hydrogen) atoms. The molecular weight excluding hydrogens is 420 g/mol. The van der Waals surface area contributed by atoms with E-state index in [1.54, 1.807) is 21.4 Å². The highest BCUT2D eigenvalue weighted by molar-refractivity contribution is 6.01. The van der Waals surface area contributed by atoms with Crippen LogP contribution in [-0.4, -0.2) is 80.2 Å². The van der Waals surface area contributed by atoms with Gasteiger partial charge in [0, 0.05) is 27.7 Å². The Morgan fingerprint density at radius 2 is 1.38 bits per heavy atom. The van der Waals surface area contributed by atoms with E-state index < -0.39 is 59.8 Å². The molecule has 0 aromatic carbocycles. The van der Waals surface area contributed by atoms with E-state index in [9.17, 15) is 39.3 Å². The minimum Gasteiger partial charge on any atom is -0.394 e. The van der Waals surface area contributed by atoms with Crippen LogP contribution in [0.25, 0.3) is 0 Å². The van der Waals surface area contributed by atoms with E-state index in [4.69, 9.17) is 9.94 Å². The summed E-state index contributed by atoms with van der Waals surface area (Å²) in [6, 6.07) is 0. The van der Waals surface area contributed by atoms with Crippen LogP contribution in [0, 0.1) is 0 Å². The van der Waals surface area contributed by atoms with E-state index in [0.717, 1.165) is 27.7 Å². The number of imide groups is 1. The molecule has 168 valence electrons. The molecule has 0 fully saturated rings. The van der Waals surface area contributed by atoms with Crippen LogP contribution in [-0.2, 0) is 28.8 Å². The van der Waals surface area contributed by atoms with Crippen molar-refractivity contribution in [1.29, 1.82) is 0 Å². The van der Waals surface area contributed by atoms with E-state index in [-0.39, 0.29) is 12.4 Å². The van der Waals surface area contributed by atoms with Gasteiger partial charge in [0.25, 0.3) is 11.6 Å². The second kappa shape index (κ2) is 11.6. The highest BCUT2D eigenvalue weighted by atomic mass is 35.5. The molecule has 0 aliphatic heterocycles. The van der Waals surface area contributed by atoms with Crippen molar-refractivity contribution in [2.24, 2.45) is 0 Å². The van der Waals surface area contributed by atoms with Gasteiger partial charge in [-0.2, -0.15) is 0 Å². The van der Waals surface area contributed by atoms with Crippen LogP contribution in [0.2, 0.25) is 0 Å². The zero-order chi connectivity index (χ0) is 22.3. The number of aliphatic hydroxyl groups excluding tert-OH is 3. The van der Waals surface area contributed by atoms with Crippen LogP contribution < -0.4 is 21.4 Å². The Morgan fingerprint density at radius 1 is 0.897 bits per heavy atom. The number of hydroxylamine groups is 1. The van der Waals surface area contributed by atoms with Gasteiger partial charge in [0.15, 0.2) is 0 Å². The first kappa shape index (κ1) is 28.8. The van der Waals surface area contributed by atoms with Gasteiger partial charge in [-0.15, -0.1) is 12.4 Å². The fraction of sp³-hybridized carbons (Fsp3) is 0.643. The lowest BCUT2D eigenvalue weighted by Crippen LogP contribution is -2.83. The zero-order valence-corrected chi connectivity index (χ0v) is 16.8. The van der Waals surface area contributed by atoms with Gasteiger partial charge in [-0.3, -0.25) is 29.3 Å². The smallest absolute Gasteiger partial charge is 0.297 e. The average Bonchev–Trinajstić information content (AvgIpc) is 2.54. The molecule has 0 radical (unpaired) electrons. The number of hydrogen-bond acceptors (Lipinski definition) is 10.